The van der Waals surface area contributed by atoms with Gasteiger partial charge in [-0.25, -0.2) is 0 Å². The highest BCUT2D eigenvalue weighted by atomic mass is 16.5. The molecule has 1 aliphatic rings. The van der Waals surface area contributed by atoms with Gasteiger partial charge in [-0.1, -0.05) is 44.5 Å². The summed E-state index contributed by atoms with van der Waals surface area (Å²) in [5.74, 6) is 1.21. The Morgan fingerprint density at radius 3 is 2.43 bits per heavy atom. The van der Waals surface area contributed by atoms with Crippen molar-refractivity contribution in [1.29, 1.82) is 0 Å². The summed E-state index contributed by atoms with van der Waals surface area (Å²) in [4.78, 5) is 15.4. The topological polar surface area (TPSA) is 49.8 Å². The van der Waals surface area contributed by atoms with Crippen LogP contribution in [0.1, 0.15) is 55.5 Å². The maximum absolute atomic E-state index is 12.8. The van der Waals surface area contributed by atoms with Crippen LogP contribution < -0.4 is 4.74 Å². The van der Waals surface area contributed by atoms with Crippen molar-refractivity contribution in [2.45, 2.75) is 46.5 Å². The van der Waals surface area contributed by atoms with Crippen molar-refractivity contribution in [2.75, 3.05) is 26.2 Å². The Morgan fingerprint density at radius 2 is 1.70 bits per heavy atom. The van der Waals surface area contributed by atoms with Crippen LogP contribution in [0.15, 0.2) is 60.7 Å². The summed E-state index contributed by atoms with van der Waals surface area (Å²) in [7, 11) is 0. The summed E-state index contributed by atoms with van der Waals surface area (Å²) in [6, 6.07) is 20.0. The van der Waals surface area contributed by atoms with Crippen LogP contribution in [-0.2, 0) is 0 Å². The van der Waals surface area contributed by atoms with E-state index < -0.39 is 0 Å². The van der Waals surface area contributed by atoms with Gasteiger partial charge in [0.2, 0.25) is 0 Å². The fourth-order valence-corrected chi connectivity index (χ4v) is 5.61. The molecule has 0 amide bonds. The summed E-state index contributed by atoms with van der Waals surface area (Å²) in [6.07, 6.45) is 5.03. The lowest BCUT2D eigenvalue weighted by Gasteiger charge is -2.26. The van der Waals surface area contributed by atoms with Crippen molar-refractivity contribution < 1.29 is 14.6 Å². The van der Waals surface area contributed by atoms with E-state index in [1.807, 2.05) is 51.1 Å². The quantitative estimate of drug-likeness (QED) is 0.154. The monoisotopic (exact) mass is 495 g/mol. The summed E-state index contributed by atoms with van der Waals surface area (Å²) >= 11 is 0. The third-order valence-corrected chi connectivity index (χ3v) is 7.54. The average molecular weight is 496 g/mol. The number of carbonyl (C=O) groups is 1. The van der Waals surface area contributed by atoms with Crippen LogP contribution in [0.2, 0.25) is 0 Å². The largest absolute Gasteiger partial charge is 0.508 e. The van der Waals surface area contributed by atoms with Gasteiger partial charge in [-0.3, -0.25) is 4.79 Å². The average Bonchev–Trinajstić information content (AvgIpc) is 2.90. The highest BCUT2D eigenvalue weighted by Gasteiger charge is 2.16. The van der Waals surface area contributed by atoms with Crippen LogP contribution in [0.5, 0.6) is 11.5 Å². The molecule has 1 saturated heterocycles. The molecule has 0 unspecified atom stereocenters. The molecule has 0 aromatic heterocycles. The molecule has 1 N–H and O–H groups in total. The molecular formula is C33H37NO3. The number of Topliss-reactive ketones (excluding diaryl/α,β-unsaturated/α-hetero) is 1. The zero-order valence-corrected chi connectivity index (χ0v) is 22.2. The molecule has 37 heavy (non-hydrogen) atoms. The van der Waals surface area contributed by atoms with Crippen LogP contribution >= 0.6 is 0 Å². The molecule has 4 heteroatoms. The first-order valence-electron chi connectivity index (χ1n) is 13.6. The summed E-state index contributed by atoms with van der Waals surface area (Å²) in [5.41, 5.74) is 3.85. The summed E-state index contributed by atoms with van der Waals surface area (Å²) in [6.45, 7) is 10.1. The summed E-state index contributed by atoms with van der Waals surface area (Å²) in [5, 5.41) is 14.5. The summed E-state index contributed by atoms with van der Waals surface area (Å²) < 4.78 is 6.05. The Balaban J connectivity index is 1.45. The number of benzene rings is 4. The molecule has 0 saturated carbocycles. The minimum absolute atomic E-state index is 0.0635. The van der Waals surface area contributed by atoms with E-state index in [-0.39, 0.29) is 17.5 Å². The van der Waals surface area contributed by atoms with E-state index in [0.29, 0.717) is 6.61 Å². The molecule has 1 heterocycles. The van der Waals surface area contributed by atoms with Gasteiger partial charge in [-0.2, -0.15) is 0 Å². The number of ketones is 1. The molecule has 4 aromatic rings. The lowest BCUT2D eigenvalue weighted by atomic mass is 9.89. The van der Waals surface area contributed by atoms with Gasteiger partial charge in [0.1, 0.15) is 11.5 Å². The molecule has 1 aliphatic heterocycles. The molecule has 4 nitrogen and oxygen atoms in total. The van der Waals surface area contributed by atoms with Gasteiger partial charge in [0.15, 0.2) is 5.78 Å². The first-order valence-corrected chi connectivity index (χ1v) is 13.6. The third-order valence-electron chi connectivity index (χ3n) is 7.54. The maximum atomic E-state index is 12.8. The number of piperidine rings is 1. The number of aromatic hydroxyl groups is 1. The fraction of sp³-hybridized carbons (Fsp3) is 0.364. The van der Waals surface area contributed by atoms with Gasteiger partial charge >= 0.3 is 0 Å². The molecule has 0 atom stereocenters. The van der Waals surface area contributed by atoms with Gasteiger partial charge < -0.3 is 14.7 Å². The Hall–Kier alpha value is -3.37. The Morgan fingerprint density at radius 1 is 0.946 bits per heavy atom. The van der Waals surface area contributed by atoms with Gasteiger partial charge in [0.05, 0.1) is 6.61 Å². The van der Waals surface area contributed by atoms with Crippen LogP contribution in [-0.4, -0.2) is 42.0 Å². The number of ether oxygens (including phenoxy) is 1. The van der Waals surface area contributed by atoms with Crippen LogP contribution in [0, 0.1) is 12.8 Å². The predicted molar refractivity (Wildman–Crippen MR) is 153 cm³/mol. The van der Waals surface area contributed by atoms with E-state index in [1.165, 1.54) is 32.4 Å². The third kappa shape index (κ3) is 5.50. The zero-order valence-electron chi connectivity index (χ0n) is 22.2. The standard InChI is InChI=1S/C33H37NO3/c1-22(2)33(36)25-10-13-29-31(20-25)30(21-26-19-27(35)18-23(3)32(26)29)24-8-11-28(12-9-24)37-17-7-16-34-14-5-4-6-15-34/h8-13,18-22,35H,4-7,14-17H2,1-3H3. The molecule has 0 aliphatic carbocycles. The molecule has 5 rings (SSSR count). The van der Waals surface area contributed by atoms with Gasteiger partial charge in [-0.05, 0) is 114 Å². The number of carbonyl (C=O) groups excluding carboxylic acids is 1. The van der Waals surface area contributed by atoms with Crippen molar-refractivity contribution in [3.05, 3.63) is 71.8 Å². The van der Waals surface area contributed by atoms with E-state index in [2.05, 4.69) is 29.2 Å². The van der Waals surface area contributed by atoms with E-state index in [1.54, 1.807) is 6.07 Å². The van der Waals surface area contributed by atoms with Crippen molar-refractivity contribution in [3.63, 3.8) is 0 Å². The minimum Gasteiger partial charge on any atom is -0.508 e. The second kappa shape index (κ2) is 10.9. The van der Waals surface area contributed by atoms with Crippen molar-refractivity contribution in [3.8, 4) is 22.6 Å². The van der Waals surface area contributed by atoms with Crippen molar-refractivity contribution >= 4 is 27.3 Å². The van der Waals surface area contributed by atoms with Crippen LogP contribution in [0.3, 0.4) is 0 Å². The Bertz CT molecular complexity index is 1420. The number of phenols is 1. The minimum atomic E-state index is -0.0635. The first-order chi connectivity index (χ1) is 17.9. The zero-order chi connectivity index (χ0) is 25.9. The SMILES string of the molecule is Cc1cc(O)cc2cc(-c3ccc(OCCCN4CCCCC4)cc3)c3cc(C(=O)C(C)C)ccc3c12. The molecular weight excluding hydrogens is 458 g/mol. The number of rotatable bonds is 8. The van der Waals surface area contributed by atoms with Gasteiger partial charge in [0, 0.05) is 18.0 Å². The van der Waals surface area contributed by atoms with Crippen molar-refractivity contribution in [2.24, 2.45) is 5.92 Å². The highest BCUT2D eigenvalue weighted by Crippen LogP contribution is 2.39. The lowest BCUT2D eigenvalue weighted by molar-refractivity contribution is 0.0939. The number of phenolic OH excluding ortho intramolecular Hbond substituents is 1. The number of fused-ring (bicyclic) bond motifs is 3. The molecule has 1 fully saturated rings. The number of aryl methyl sites for hydroxylation is 1. The van der Waals surface area contributed by atoms with E-state index in [4.69, 9.17) is 4.74 Å². The molecule has 0 spiro atoms. The first kappa shape index (κ1) is 25.3. The molecule has 0 radical (unpaired) electrons. The molecule has 192 valence electrons. The number of nitrogens with zero attached hydrogens (tertiary/aromatic N) is 1. The molecule has 0 bridgehead atoms. The van der Waals surface area contributed by atoms with Gasteiger partial charge in [-0.15, -0.1) is 0 Å². The normalized spacial score (nSPS) is 14.5. The van der Waals surface area contributed by atoms with Crippen LogP contribution in [0.25, 0.3) is 32.7 Å². The predicted octanol–water partition coefficient (Wildman–Crippen LogP) is 7.77. The number of hydrogen-bond acceptors (Lipinski definition) is 4. The van der Waals surface area contributed by atoms with Crippen molar-refractivity contribution in [1.82, 2.24) is 4.90 Å². The lowest BCUT2D eigenvalue weighted by Crippen LogP contribution is -2.31. The highest BCUT2D eigenvalue weighted by molar-refractivity contribution is 6.16. The van der Waals surface area contributed by atoms with Crippen LogP contribution in [0.4, 0.5) is 0 Å². The molecule has 4 aromatic carbocycles. The smallest absolute Gasteiger partial charge is 0.165 e. The Kier molecular flexibility index (Phi) is 7.48. The van der Waals surface area contributed by atoms with E-state index >= 15 is 0 Å². The second-order valence-electron chi connectivity index (χ2n) is 10.7. The second-order valence-corrected chi connectivity index (χ2v) is 10.7. The van der Waals surface area contributed by atoms with Gasteiger partial charge in [0.25, 0.3) is 0 Å². The Labute approximate surface area is 219 Å². The van der Waals surface area contributed by atoms with E-state index in [9.17, 15) is 9.90 Å². The maximum Gasteiger partial charge on any atom is 0.165 e. The fourth-order valence-electron chi connectivity index (χ4n) is 5.61. The van der Waals surface area contributed by atoms with E-state index in [0.717, 1.165) is 62.5 Å². The number of hydrogen-bond donors (Lipinski definition) is 1. The number of likely N-dealkylation sites (tertiary alicyclic amines) is 1.